The molecule has 86 valence electrons. The third kappa shape index (κ3) is 3.15. The summed E-state index contributed by atoms with van der Waals surface area (Å²) in [6, 6.07) is 6.22. The number of rotatable bonds is 2. The lowest BCUT2D eigenvalue weighted by molar-refractivity contribution is 0.102. The van der Waals surface area contributed by atoms with Gasteiger partial charge in [0.2, 0.25) is 0 Å². The summed E-state index contributed by atoms with van der Waals surface area (Å²) in [5.41, 5.74) is 0.409. The minimum atomic E-state index is -0.316. The van der Waals surface area contributed by atoms with Gasteiger partial charge in [0.25, 0.3) is 5.91 Å². The van der Waals surface area contributed by atoms with Gasteiger partial charge < -0.3 is 5.32 Å². The zero-order valence-corrected chi connectivity index (χ0v) is 10.0. The van der Waals surface area contributed by atoms with E-state index >= 15 is 0 Å². The number of hydrogen-bond donors (Lipinski definition) is 1. The second-order valence-electron chi connectivity index (χ2n) is 3.18. The van der Waals surface area contributed by atoms with Gasteiger partial charge in [-0.15, -0.1) is 0 Å². The van der Waals surface area contributed by atoms with Crippen LogP contribution in [0.2, 0.25) is 10.2 Å². The van der Waals surface area contributed by atoms with Crippen molar-refractivity contribution in [1.82, 2.24) is 9.97 Å². The molecular formula is C11H7Cl2N3O. The molecule has 0 spiro atoms. The first-order chi connectivity index (χ1) is 8.15. The Morgan fingerprint density at radius 2 is 1.88 bits per heavy atom. The molecule has 17 heavy (non-hydrogen) atoms. The molecule has 0 saturated carbocycles. The van der Waals surface area contributed by atoms with Gasteiger partial charge in [-0.05, 0) is 24.3 Å². The van der Waals surface area contributed by atoms with Crippen molar-refractivity contribution in [2.24, 2.45) is 0 Å². The van der Waals surface area contributed by atoms with Crippen molar-refractivity contribution in [3.05, 3.63) is 52.4 Å². The fourth-order valence-electron chi connectivity index (χ4n) is 1.21. The van der Waals surface area contributed by atoms with Crippen LogP contribution in [0.15, 0.2) is 36.7 Å². The minimum absolute atomic E-state index is 0.261. The molecule has 1 N–H and O–H groups in total. The molecule has 0 aliphatic carbocycles. The lowest BCUT2D eigenvalue weighted by Crippen LogP contribution is -2.12. The second-order valence-corrected chi connectivity index (χ2v) is 4.00. The van der Waals surface area contributed by atoms with E-state index in [0.717, 1.165) is 0 Å². The zero-order valence-electron chi connectivity index (χ0n) is 8.52. The number of halogens is 2. The lowest BCUT2D eigenvalue weighted by Gasteiger charge is -2.04. The van der Waals surface area contributed by atoms with Gasteiger partial charge in [0.1, 0.15) is 11.0 Å². The summed E-state index contributed by atoms with van der Waals surface area (Å²) in [5.74, 6) is 0.0690. The van der Waals surface area contributed by atoms with Crippen LogP contribution >= 0.6 is 23.2 Å². The zero-order chi connectivity index (χ0) is 12.3. The minimum Gasteiger partial charge on any atom is -0.307 e. The Morgan fingerprint density at radius 3 is 2.59 bits per heavy atom. The molecule has 0 aliphatic rings. The fourth-order valence-corrected chi connectivity index (χ4v) is 1.54. The Balaban J connectivity index is 2.17. The van der Waals surface area contributed by atoms with Gasteiger partial charge in [-0.25, -0.2) is 9.97 Å². The molecule has 2 rings (SSSR count). The molecule has 0 radical (unpaired) electrons. The van der Waals surface area contributed by atoms with Crippen LogP contribution in [0.4, 0.5) is 5.82 Å². The maximum atomic E-state index is 11.8. The summed E-state index contributed by atoms with van der Waals surface area (Å²) in [7, 11) is 0. The van der Waals surface area contributed by atoms with Gasteiger partial charge in [0.05, 0.1) is 0 Å². The van der Waals surface area contributed by atoms with E-state index in [-0.39, 0.29) is 11.1 Å². The Morgan fingerprint density at radius 1 is 1.12 bits per heavy atom. The maximum absolute atomic E-state index is 11.8. The van der Waals surface area contributed by atoms with E-state index in [9.17, 15) is 4.79 Å². The predicted octanol–water partition coefficient (Wildman–Crippen LogP) is 3.04. The highest BCUT2D eigenvalue weighted by atomic mass is 35.5. The lowest BCUT2D eigenvalue weighted by atomic mass is 10.2. The molecule has 2 aromatic rings. The van der Waals surface area contributed by atoms with Crippen LogP contribution in [0.25, 0.3) is 0 Å². The summed E-state index contributed by atoms with van der Waals surface area (Å²) in [6.45, 7) is 0. The van der Waals surface area contributed by atoms with Crippen LogP contribution in [0, 0.1) is 0 Å². The Labute approximate surface area is 108 Å². The summed E-state index contributed by atoms with van der Waals surface area (Å²) in [4.78, 5) is 19.6. The van der Waals surface area contributed by atoms with E-state index in [2.05, 4.69) is 15.3 Å². The van der Waals surface area contributed by atoms with Crippen LogP contribution in [0.5, 0.6) is 0 Å². The van der Waals surface area contributed by atoms with Crippen LogP contribution in [-0.4, -0.2) is 15.9 Å². The highest BCUT2D eigenvalue weighted by molar-refractivity contribution is 6.31. The third-order valence-corrected chi connectivity index (χ3v) is 2.39. The van der Waals surface area contributed by atoms with Gasteiger partial charge in [0, 0.05) is 23.0 Å². The number of carbonyl (C=O) groups is 1. The fraction of sp³-hybridized carbons (Fsp3) is 0. The highest BCUT2D eigenvalue weighted by Gasteiger charge is 2.07. The molecule has 4 nitrogen and oxygen atoms in total. The smallest absolute Gasteiger partial charge is 0.256 e. The van der Waals surface area contributed by atoms with Gasteiger partial charge in [-0.2, -0.15) is 0 Å². The average molecular weight is 268 g/mol. The summed E-state index contributed by atoms with van der Waals surface area (Å²) >= 11 is 11.5. The van der Waals surface area contributed by atoms with E-state index in [1.807, 2.05) is 0 Å². The average Bonchev–Trinajstić information content (AvgIpc) is 2.29. The summed E-state index contributed by atoms with van der Waals surface area (Å²) < 4.78 is 0. The van der Waals surface area contributed by atoms with E-state index in [0.29, 0.717) is 16.4 Å². The number of nitrogens with one attached hydrogen (secondary N) is 1. The quantitative estimate of drug-likeness (QED) is 0.851. The number of pyridine rings is 2. The van der Waals surface area contributed by atoms with Crippen molar-refractivity contribution < 1.29 is 4.79 Å². The van der Waals surface area contributed by atoms with Gasteiger partial charge >= 0.3 is 0 Å². The first kappa shape index (κ1) is 11.8. The number of hydrogen-bond acceptors (Lipinski definition) is 3. The molecule has 1 amide bonds. The Hall–Kier alpha value is -1.65. The molecule has 2 heterocycles. The summed E-state index contributed by atoms with van der Waals surface area (Å²) in [5, 5.41) is 3.37. The molecule has 0 saturated heterocycles. The van der Waals surface area contributed by atoms with Crippen molar-refractivity contribution in [2.45, 2.75) is 0 Å². The number of carbonyl (C=O) groups excluding carboxylic acids is 1. The number of aromatic nitrogens is 2. The molecule has 0 bridgehead atoms. The molecule has 0 aliphatic heterocycles. The van der Waals surface area contributed by atoms with Crippen molar-refractivity contribution >= 4 is 34.9 Å². The van der Waals surface area contributed by atoms with E-state index in [1.165, 1.54) is 18.5 Å². The van der Waals surface area contributed by atoms with Gasteiger partial charge in [-0.3, -0.25) is 4.79 Å². The van der Waals surface area contributed by atoms with Crippen molar-refractivity contribution in [2.75, 3.05) is 5.32 Å². The van der Waals surface area contributed by atoms with Gasteiger partial charge in [-0.1, -0.05) is 23.2 Å². The van der Waals surface area contributed by atoms with Crippen LogP contribution in [0.1, 0.15) is 10.4 Å². The van der Waals surface area contributed by atoms with Crippen molar-refractivity contribution in [3.63, 3.8) is 0 Å². The highest BCUT2D eigenvalue weighted by Crippen LogP contribution is 2.13. The standard InChI is InChI=1S/C11H7Cl2N3O/c12-8-2-4-15-10(6-8)16-11(17)7-1-3-14-9(13)5-7/h1-6H,(H,15,16,17). The van der Waals surface area contributed by atoms with Gasteiger partial charge in [0.15, 0.2) is 0 Å². The summed E-state index contributed by atoms with van der Waals surface area (Å²) in [6.07, 6.45) is 2.97. The van der Waals surface area contributed by atoms with E-state index in [4.69, 9.17) is 23.2 Å². The molecule has 2 aromatic heterocycles. The number of anilines is 1. The van der Waals surface area contributed by atoms with Crippen LogP contribution < -0.4 is 5.32 Å². The third-order valence-electron chi connectivity index (χ3n) is 1.95. The van der Waals surface area contributed by atoms with Crippen molar-refractivity contribution in [1.29, 1.82) is 0 Å². The topological polar surface area (TPSA) is 54.9 Å². The van der Waals surface area contributed by atoms with E-state index in [1.54, 1.807) is 18.2 Å². The Bertz CT molecular complexity index is 560. The van der Waals surface area contributed by atoms with E-state index < -0.39 is 0 Å². The molecule has 0 fully saturated rings. The second kappa shape index (κ2) is 5.12. The van der Waals surface area contributed by atoms with Crippen LogP contribution in [0.3, 0.4) is 0 Å². The first-order valence-electron chi connectivity index (χ1n) is 4.69. The van der Waals surface area contributed by atoms with Crippen LogP contribution in [-0.2, 0) is 0 Å². The first-order valence-corrected chi connectivity index (χ1v) is 5.45. The maximum Gasteiger partial charge on any atom is 0.256 e. The van der Waals surface area contributed by atoms with Crippen molar-refractivity contribution in [3.8, 4) is 0 Å². The number of nitrogens with zero attached hydrogens (tertiary/aromatic N) is 2. The largest absolute Gasteiger partial charge is 0.307 e. The molecule has 0 aromatic carbocycles. The monoisotopic (exact) mass is 267 g/mol. The Kier molecular flexibility index (Phi) is 3.56. The predicted molar refractivity (Wildman–Crippen MR) is 66.4 cm³/mol. The molecule has 0 atom stereocenters. The molecule has 0 unspecified atom stereocenters. The SMILES string of the molecule is O=C(Nc1cc(Cl)ccn1)c1ccnc(Cl)c1. The normalized spacial score (nSPS) is 10.0. The molecular weight excluding hydrogens is 261 g/mol. The number of amides is 1. The molecule has 6 heteroatoms.